The number of nitrogens with one attached hydrogen (secondary N) is 1. The summed E-state index contributed by atoms with van der Waals surface area (Å²) in [4.78, 5) is 24.4. The van der Waals surface area contributed by atoms with Crippen molar-refractivity contribution in [2.24, 2.45) is 7.05 Å². The fourth-order valence-electron chi connectivity index (χ4n) is 6.93. The first kappa shape index (κ1) is 28.9. The zero-order chi connectivity index (χ0) is 30.6. The van der Waals surface area contributed by atoms with E-state index >= 15 is 0 Å². The molecule has 5 aromatic rings. The first-order valence-electron chi connectivity index (χ1n) is 15.2. The summed E-state index contributed by atoms with van der Waals surface area (Å²) in [5.74, 6) is 0.620. The molecule has 0 atom stereocenters. The first-order chi connectivity index (χ1) is 21.2. The topological polar surface area (TPSA) is 123 Å². The van der Waals surface area contributed by atoms with Crippen molar-refractivity contribution in [3.05, 3.63) is 69.8 Å². The molecule has 4 aromatic heterocycles. The maximum Gasteiger partial charge on any atom is 0.262 e. The summed E-state index contributed by atoms with van der Waals surface area (Å²) >= 11 is 0. The van der Waals surface area contributed by atoms with Crippen LogP contribution in [0.2, 0.25) is 0 Å². The molecule has 6 heterocycles. The molecule has 44 heavy (non-hydrogen) atoms. The molecule has 2 saturated heterocycles. The van der Waals surface area contributed by atoms with Crippen LogP contribution in [-0.2, 0) is 28.2 Å². The number of fused-ring (bicyclic) bond motifs is 3. The van der Waals surface area contributed by atoms with Crippen LogP contribution in [0.25, 0.3) is 44.5 Å². The lowest BCUT2D eigenvalue weighted by Crippen LogP contribution is -2.38. The minimum Gasteiger partial charge on any atom is -0.381 e. The van der Waals surface area contributed by atoms with Gasteiger partial charge >= 0.3 is 0 Å². The Morgan fingerprint density at radius 2 is 1.77 bits per heavy atom. The van der Waals surface area contributed by atoms with Crippen LogP contribution in [0, 0.1) is 6.92 Å². The van der Waals surface area contributed by atoms with Gasteiger partial charge in [0.1, 0.15) is 15.5 Å². The van der Waals surface area contributed by atoms with Crippen LogP contribution in [0.15, 0.2) is 51.9 Å². The SMILES string of the molecule is Cc1cc(-c2c(C3CCOCC3)c3c4cc(-c5ccc(CN6CCC(S(C)(=O)=O)CC6)cc5)[nH]c4ncc3n(C)c2=O)on1. The smallest absolute Gasteiger partial charge is 0.262 e. The molecule has 1 N–H and O–H groups in total. The summed E-state index contributed by atoms with van der Waals surface area (Å²) in [6.45, 7) is 5.51. The Morgan fingerprint density at radius 1 is 1.05 bits per heavy atom. The van der Waals surface area contributed by atoms with Gasteiger partial charge in [-0.3, -0.25) is 9.69 Å². The Balaban J connectivity index is 1.27. The van der Waals surface area contributed by atoms with Gasteiger partial charge in [-0.1, -0.05) is 29.4 Å². The molecule has 0 aliphatic carbocycles. The summed E-state index contributed by atoms with van der Waals surface area (Å²) in [6, 6.07) is 12.5. The first-order valence-corrected chi connectivity index (χ1v) is 17.2. The molecular formula is C33H37N5O5S. The number of H-pyrrole nitrogens is 1. The highest BCUT2D eigenvalue weighted by Gasteiger charge is 2.29. The minimum absolute atomic E-state index is 0.122. The highest BCUT2D eigenvalue weighted by Crippen LogP contribution is 2.41. The number of nitrogens with zero attached hydrogens (tertiary/aromatic N) is 4. The quantitative estimate of drug-likeness (QED) is 0.285. The van der Waals surface area contributed by atoms with Crippen molar-refractivity contribution in [3.8, 4) is 22.6 Å². The fraction of sp³-hybridized carbons (Fsp3) is 0.424. The van der Waals surface area contributed by atoms with Gasteiger partial charge in [-0.2, -0.15) is 0 Å². The van der Waals surface area contributed by atoms with Crippen molar-refractivity contribution < 1.29 is 17.7 Å². The third-order valence-corrected chi connectivity index (χ3v) is 11.1. The Kier molecular flexibility index (Phi) is 7.42. The van der Waals surface area contributed by atoms with E-state index in [1.807, 2.05) is 13.0 Å². The average molecular weight is 616 g/mol. The van der Waals surface area contributed by atoms with Gasteiger partial charge in [0, 0.05) is 55.6 Å². The van der Waals surface area contributed by atoms with Crippen LogP contribution in [0.1, 0.15) is 48.4 Å². The van der Waals surface area contributed by atoms with Crippen molar-refractivity contribution >= 4 is 31.8 Å². The zero-order valence-electron chi connectivity index (χ0n) is 25.3. The molecule has 0 spiro atoms. The van der Waals surface area contributed by atoms with Crippen molar-refractivity contribution in [1.82, 2.24) is 24.6 Å². The molecule has 7 rings (SSSR count). The van der Waals surface area contributed by atoms with Crippen LogP contribution < -0.4 is 5.56 Å². The maximum atomic E-state index is 13.8. The van der Waals surface area contributed by atoms with Gasteiger partial charge in [-0.25, -0.2) is 13.4 Å². The van der Waals surface area contributed by atoms with Crippen LogP contribution >= 0.6 is 0 Å². The van der Waals surface area contributed by atoms with Crippen LogP contribution in [0.4, 0.5) is 0 Å². The largest absolute Gasteiger partial charge is 0.381 e. The second-order valence-electron chi connectivity index (χ2n) is 12.3. The van der Waals surface area contributed by atoms with Gasteiger partial charge < -0.3 is 18.8 Å². The minimum atomic E-state index is -2.98. The predicted octanol–water partition coefficient (Wildman–Crippen LogP) is 4.95. The van der Waals surface area contributed by atoms with Gasteiger partial charge in [-0.15, -0.1) is 0 Å². The van der Waals surface area contributed by atoms with Crippen LogP contribution in [-0.4, -0.2) is 70.8 Å². The standard InChI is InChI=1S/C33H37N5O5S/c1-20-16-28(43-36-20)31-29(23-10-14-42-15-11-23)30-25-17-26(35-32(25)34-18-27(30)37(2)33(31)39)22-6-4-21(5-7-22)19-38-12-8-24(9-13-38)44(3,40)41/h4-7,16-18,23-24H,8-15,19H2,1-3H3,(H,34,35). The molecule has 1 aromatic carbocycles. The number of hydrogen-bond acceptors (Lipinski definition) is 8. The Hall–Kier alpha value is -3.80. The summed E-state index contributed by atoms with van der Waals surface area (Å²) < 4.78 is 36.9. The number of rotatable bonds is 6. The van der Waals surface area contributed by atoms with Crippen LogP contribution in [0.3, 0.4) is 0 Å². The van der Waals surface area contributed by atoms with E-state index in [1.165, 1.54) is 11.8 Å². The van der Waals surface area contributed by atoms with E-state index in [9.17, 15) is 13.2 Å². The van der Waals surface area contributed by atoms with Gasteiger partial charge in [0.15, 0.2) is 5.76 Å². The monoisotopic (exact) mass is 615 g/mol. The number of aryl methyl sites for hydroxylation is 2. The zero-order valence-corrected chi connectivity index (χ0v) is 26.1. The van der Waals surface area contributed by atoms with E-state index in [0.29, 0.717) is 37.4 Å². The maximum absolute atomic E-state index is 13.8. The molecule has 230 valence electrons. The molecule has 10 nitrogen and oxygen atoms in total. The van der Waals surface area contributed by atoms with Gasteiger partial charge in [-0.05, 0) is 74.4 Å². The molecule has 0 amide bonds. The lowest BCUT2D eigenvalue weighted by Gasteiger charge is -2.31. The Bertz CT molecular complexity index is 2010. The van der Waals surface area contributed by atoms with Crippen molar-refractivity contribution in [2.45, 2.75) is 50.3 Å². The van der Waals surface area contributed by atoms with Crippen molar-refractivity contribution in [2.75, 3.05) is 32.6 Å². The number of pyridine rings is 2. The molecular weight excluding hydrogens is 578 g/mol. The molecule has 2 aliphatic heterocycles. The lowest BCUT2D eigenvalue weighted by atomic mass is 9.84. The fourth-order valence-corrected chi connectivity index (χ4v) is 8.00. The molecule has 11 heteroatoms. The van der Waals surface area contributed by atoms with E-state index in [2.05, 4.69) is 45.4 Å². The summed E-state index contributed by atoms with van der Waals surface area (Å²) in [5.41, 5.74) is 6.87. The summed E-state index contributed by atoms with van der Waals surface area (Å²) in [7, 11) is -1.19. The number of aromatic nitrogens is 4. The van der Waals surface area contributed by atoms with E-state index in [1.54, 1.807) is 17.8 Å². The average Bonchev–Trinajstić information content (AvgIpc) is 3.65. The second kappa shape index (κ2) is 11.3. The highest BCUT2D eigenvalue weighted by atomic mass is 32.2. The number of ether oxygens (including phenoxy) is 1. The number of aromatic amines is 1. The van der Waals surface area contributed by atoms with Gasteiger partial charge in [0.25, 0.3) is 5.56 Å². The third kappa shape index (κ3) is 5.27. The molecule has 2 fully saturated rings. The van der Waals surface area contributed by atoms with E-state index in [4.69, 9.17) is 14.2 Å². The molecule has 0 saturated carbocycles. The normalized spacial score (nSPS) is 17.6. The molecule has 0 bridgehead atoms. The second-order valence-corrected chi connectivity index (χ2v) is 14.7. The highest BCUT2D eigenvalue weighted by molar-refractivity contribution is 7.91. The van der Waals surface area contributed by atoms with Crippen molar-refractivity contribution in [3.63, 3.8) is 0 Å². The predicted molar refractivity (Wildman–Crippen MR) is 170 cm³/mol. The van der Waals surface area contributed by atoms with Crippen LogP contribution in [0.5, 0.6) is 0 Å². The van der Waals surface area contributed by atoms with Crippen molar-refractivity contribution in [1.29, 1.82) is 0 Å². The van der Waals surface area contributed by atoms with Gasteiger partial charge in [0.2, 0.25) is 0 Å². The Morgan fingerprint density at radius 3 is 2.43 bits per heavy atom. The van der Waals surface area contributed by atoms with E-state index < -0.39 is 9.84 Å². The number of sulfone groups is 1. The number of hydrogen-bond donors (Lipinski definition) is 1. The third-order valence-electron chi connectivity index (χ3n) is 9.37. The Labute approximate surface area is 255 Å². The van der Waals surface area contributed by atoms with Gasteiger partial charge in [0.05, 0.1) is 28.2 Å². The molecule has 2 aliphatic rings. The number of piperidine rings is 1. The van der Waals surface area contributed by atoms with E-state index in [0.717, 1.165) is 76.9 Å². The lowest BCUT2D eigenvalue weighted by molar-refractivity contribution is 0.0856. The summed E-state index contributed by atoms with van der Waals surface area (Å²) in [5, 5.41) is 5.84. The molecule has 0 radical (unpaired) electrons. The van der Waals surface area contributed by atoms with E-state index in [-0.39, 0.29) is 16.7 Å². The molecule has 0 unspecified atom stereocenters. The number of benzene rings is 1. The summed E-state index contributed by atoms with van der Waals surface area (Å²) in [6.07, 6.45) is 6.14. The number of likely N-dealkylation sites (tertiary alicyclic amines) is 1.